The molecule has 4 aliphatic carbocycles. The number of rotatable bonds is 6. The van der Waals surface area contributed by atoms with Gasteiger partial charge in [-0.3, -0.25) is 4.79 Å². The van der Waals surface area contributed by atoms with Gasteiger partial charge in [0.25, 0.3) is 0 Å². The summed E-state index contributed by atoms with van der Waals surface area (Å²) < 4.78 is 0. The van der Waals surface area contributed by atoms with Gasteiger partial charge in [-0.05, 0) is 109 Å². The van der Waals surface area contributed by atoms with E-state index in [-0.39, 0.29) is 11.2 Å². The summed E-state index contributed by atoms with van der Waals surface area (Å²) in [5.41, 5.74) is 2.30. The minimum atomic E-state index is 0.00896. The molecule has 180 valence electrons. The van der Waals surface area contributed by atoms with Crippen LogP contribution < -0.4 is 0 Å². The number of oxime groups is 1. The number of nitrogens with zero attached hydrogens (tertiary/aromatic N) is 1. The molecule has 8 atom stereocenters. The zero-order valence-corrected chi connectivity index (χ0v) is 21.5. The van der Waals surface area contributed by atoms with E-state index in [9.17, 15) is 10.0 Å². The maximum Gasteiger partial charge on any atom is 0.156 e. The van der Waals surface area contributed by atoms with Gasteiger partial charge < -0.3 is 5.21 Å². The number of hydrogen-bond donors (Lipinski definition) is 1. The van der Waals surface area contributed by atoms with Crippen molar-refractivity contribution in [3.8, 4) is 0 Å². The molecule has 4 aliphatic rings. The van der Waals surface area contributed by atoms with E-state index in [0.717, 1.165) is 53.7 Å². The summed E-state index contributed by atoms with van der Waals surface area (Å²) in [6.07, 6.45) is 13.6. The Kier molecular flexibility index (Phi) is 6.69. The summed E-state index contributed by atoms with van der Waals surface area (Å²) in [5.74, 6) is 5.44. The normalized spacial score (nSPS) is 42.3. The minimum absolute atomic E-state index is 0.00896. The summed E-state index contributed by atoms with van der Waals surface area (Å²) in [4.78, 5) is 12.2. The Bertz CT molecular complexity index is 782. The first-order chi connectivity index (χ1) is 15.2. The Labute approximate surface area is 196 Å². The number of hydrogen-bond acceptors (Lipinski definition) is 3. The van der Waals surface area contributed by atoms with Gasteiger partial charge in [0.2, 0.25) is 0 Å². The van der Waals surface area contributed by atoms with Crippen LogP contribution in [0, 0.1) is 52.3 Å². The van der Waals surface area contributed by atoms with Crippen molar-refractivity contribution in [2.45, 2.75) is 106 Å². The van der Waals surface area contributed by atoms with Gasteiger partial charge in [0.05, 0.1) is 5.71 Å². The maximum absolute atomic E-state index is 12.2. The first kappa shape index (κ1) is 24.0. The Balaban J connectivity index is 1.54. The van der Waals surface area contributed by atoms with E-state index >= 15 is 0 Å². The topological polar surface area (TPSA) is 49.7 Å². The van der Waals surface area contributed by atoms with Gasteiger partial charge in [0, 0.05) is 6.42 Å². The van der Waals surface area contributed by atoms with E-state index in [1.54, 1.807) is 0 Å². The van der Waals surface area contributed by atoms with Crippen LogP contribution in [0.15, 0.2) is 16.8 Å². The second kappa shape index (κ2) is 8.91. The molecule has 3 heteroatoms. The zero-order valence-electron chi connectivity index (χ0n) is 21.5. The standard InChI is InChI=1S/C29H47NO2/c1-7-20(18(2)3)9-8-19(4)23-10-11-24-22-17-27(30-32)26-16-21(31)12-14-29(26,6)25(22)13-15-28(23,24)5/h16,18-20,22-25,32H,7-15,17H2,1-6H3/b30-27-/t19-,20?,22+,23-,24+,25+,28-,29-/m1/s1. The number of carbonyl (C=O) groups excluding carboxylic acids is 1. The smallest absolute Gasteiger partial charge is 0.156 e. The van der Waals surface area contributed by atoms with Crippen molar-refractivity contribution in [3.63, 3.8) is 0 Å². The average Bonchev–Trinajstić information content (AvgIpc) is 3.11. The third-order valence-corrected chi connectivity index (χ3v) is 11.1. The lowest BCUT2D eigenvalue weighted by Crippen LogP contribution is -2.53. The van der Waals surface area contributed by atoms with Crippen LogP contribution in [0.5, 0.6) is 0 Å². The molecule has 0 saturated heterocycles. The highest BCUT2D eigenvalue weighted by Gasteiger charge is 2.60. The van der Waals surface area contributed by atoms with Crippen LogP contribution in [0.3, 0.4) is 0 Å². The fourth-order valence-corrected chi connectivity index (χ4v) is 9.17. The average molecular weight is 442 g/mol. The lowest BCUT2D eigenvalue weighted by Gasteiger charge is -2.58. The van der Waals surface area contributed by atoms with Crippen molar-refractivity contribution in [1.29, 1.82) is 0 Å². The number of fused-ring (bicyclic) bond motifs is 5. The second-order valence-corrected chi connectivity index (χ2v) is 12.8. The molecule has 1 unspecified atom stereocenters. The van der Waals surface area contributed by atoms with Crippen molar-refractivity contribution in [1.82, 2.24) is 0 Å². The van der Waals surface area contributed by atoms with Gasteiger partial charge in [-0.15, -0.1) is 0 Å². The second-order valence-electron chi connectivity index (χ2n) is 12.8. The van der Waals surface area contributed by atoms with E-state index in [1.807, 2.05) is 6.08 Å². The summed E-state index contributed by atoms with van der Waals surface area (Å²) in [7, 11) is 0. The monoisotopic (exact) mass is 441 g/mol. The molecule has 1 N–H and O–H groups in total. The van der Waals surface area contributed by atoms with E-state index in [4.69, 9.17) is 0 Å². The van der Waals surface area contributed by atoms with Crippen molar-refractivity contribution in [2.24, 2.45) is 57.4 Å². The maximum atomic E-state index is 12.2. The van der Waals surface area contributed by atoms with E-state index in [1.165, 1.54) is 44.9 Å². The Morgan fingerprint density at radius 3 is 2.50 bits per heavy atom. The number of allylic oxidation sites excluding steroid dienone is 1. The fourth-order valence-electron chi connectivity index (χ4n) is 9.17. The molecule has 0 aliphatic heterocycles. The van der Waals surface area contributed by atoms with Gasteiger partial charge in [-0.25, -0.2) is 0 Å². The van der Waals surface area contributed by atoms with Crippen LogP contribution in [0.2, 0.25) is 0 Å². The lowest BCUT2D eigenvalue weighted by molar-refractivity contribution is -0.116. The minimum Gasteiger partial charge on any atom is -0.411 e. The molecule has 0 aromatic carbocycles. The molecule has 0 aromatic heterocycles. The highest BCUT2D eigenvalue weighted by Crippen LogP contribution is 2.67. The first-order valence-corrected chi connectivity index (χ1v) is 13.6. The quantitative estimate of drug-likeness (QED) is 0.339. The molecule has 0 heterocycles. The van der Waals surface area contributed by atoms with Crippen LogP contribution >= 0.6 is 0 Å². The SMILES string of the molecule is CCC(CC[C@@H](C)[C@H]1CC[C@H]2[C@@H]3C/C(=N/O)C4=CC(=O)CC[C@]4(C)[C@H]3CC[C@]12C)C(C)C. The van der Waals surface area contributed by atoms with Crippen LogP contribution in [0.25, 0.3) is 0 Å². The third-order valence-electron chi connectivity index (χ3n) is 11.1. The Hall–Kier alpha value is -1.12. The number of ketones is 1. The van der Waals surface area contributed by atoms with E-state index in [2.05, 4.69) is 46.7 Å². The van der Waals surface area contributed by atoms with Gasteiger partial charge in [-0.2, -0.15) is 0 Å². The number of carbonyl (C=O) groups is 1. The van der Waals surface area contributed by atoms with Crippen LogP contribution in [0.4, 0.5) is 0 Å². The summed E-state index contributed by atoms with van der Waals surface area (Å²) in [5, 5.41) is 13.7. The lowest BCUT2D eigenvalue weighted by atomic mass is 9.46. The first-order valence-electron chi connectivity index (χ1n) is 13.6. The molecule has 0 spiro atoms. The van der Waals surface area contributed by atoms with Gasteiger partial charge in [0.1, 0.15) is 0 Å². The highest BCUT2D eigenvalue weighted by molar-refractivity contribution is 6.08. The highest BCUT2D eigenvalue weighted by atomic mass is 16.4. The fraction of sp³-hybridized carbons (Fsp3) is 0.862. The largest absolute Gasteiger partial charge is 0.411 e. The van der Waals surface area contributed by atoms with Gasteiger partial charge >= 0.3 is 0 Å². The molecule has 0 radical (unpaired) electrons. The van der Waals surface area contributed by atoms with Gasteiger partial charge in [-0.1, -0.05) is 59.5 Å². The molecule has 4 rings (SSSR count). The van der Waals surface area contributed by atoms with Crippen LogP contribution in [-0.2, 0) is 4.79 Å². The molecule has 32 heavy (non-hydrogen) atoms. The molecule has 0 amide bonds. The van der Waals surface area contributed by atoms with Crippen molar-refractivity contribution in [3.05, 3.63) is 11.6 Å². The van der Waals surface area contributed by atoms with Crippen molar-refractivity contribution in [2.75, 3.05) is 0 Å². The third kappa shape index (κ3) is 3.80. The molecule has 0 bridgehead atoms. The van der Waals surface area contributed by atoms with E-state index < -0.39 is 0 Å². The molecular formula is C29H47NO2. The zero-order chi connectivity index (χ0) is 23.3. The Morgan fingerprint density at radius 2 is 1.84 bits per heavy atom. The molecule has 0 aromatic rings. The molecular weight excluding hydrogens is 394 g/mol. The predicted molar refractivity (Wildman–Crippen MR) is 132 cm³/mol. The van der Waals surface area contributed by atoms with Crippen molar-refractivity contribution < 1.29 is 10.0 Å². The molecule has 3 saturated carbocycles. The van der Waals surface area contributed by atoms with E-state index in [0.29, 0.717) is 23.7 Å². The molecule has 3 fully saturated rings. The van der Waals surface area contributed by atoms with Crippen LogP contribution in [-0.4, -0.2) is 16.7 Å². The Morgan fingerprint density at radius 1 is 1.09 bits per heavy atom. The summed E-state index contributed by atoms with van der Waals surface area (Å²) >= 11 is 0. The molecule has 3 nitrogen and oxygen atoms in total. The summed E-state index contributed by atoms with van der Waals surface area (Å²) in [6, 6.07) is 0. The van der Waals surface area contributed by atoms with Crippen molar-refractivity contribution >= 4 is 11.5 Å². The van der Waals surface area contributed by atoms with Crippen LogP contribution in [0.1, 0.15) is 106 Å². The summed E-state index contributed by atoms with van der Waals surface area (Å²) in [6.45, 7) is 14.6. The van der Waals surface area contributed by atoms with Gasteiger partial charge in [0.15, 0.2) is 5.78 Å². The predicted octanol–water partition coefficient (Wildman–Crippen LogP) is 7.67.